The van der Waals surface area contributed by atoms with E-state index in [1.807, 2.05) is 25.6 Å². The van der Waals surface area contributed by atoms with E-state index in [0.717, 1.165) is 24.6 Å². The van der Waals surface area contributed by atoms with E-state index in [0.29, 0.717) is 6.42 Å². The Morgan fingerprint density at radius 3 is 2.71 bits per heavy atom. The fraction of sp³-hybridized carbons (Fsp3) is 0.900. The van der Waals surface area contributed by atoms with Crippen LogP contribution in [0.2, 0.25) is 0 Å². The predicted molar refractivity (Wildman–Crippen MR) is 63.8 cm³/mol. The van der Waals surface area contributed by atoms with Crippen LogP contribution in [0.1, 0.15) is 27.2 Å². The molecule has 0 aromatic rings. The third kappa shape index (κ3) is 8.38. The Morgan fingerprint density at radius 2 is 2.14 bits per heavy atom. The second-order valence-corrected chi connectivity index (χ2v) is 4.55. The minimum atomic E-state index is 0.148. The van der Waals surface area contributed by atoms with Crippen molar-refractivity contribution < 1.29 is 4.79 Å². The zero-order valence-electron chi connectivity index (χ0n) is 9.43. The van der Waals surface area contributed by atoms with E-state index < -0.39 is 0 Å². The van der Waals surface area contributed by atoms with Crippen LogP contribution in [-0.4, -0.2) is 36.5 Å². The summed E-state index contributed by atoms with van der Waals surface area (Å²) < 4.78 is 0. The summed E-state index contributed by atoms with van der Waals surface area (Å²) in [6, 6.07) is 0.286. The molecule has 0 heterocycles. The Kier molecular flexibility index (Phi) is 9.19. The molecule has 0 saturated heterocycles. The van der Waals surface area contributed by atoms with Gasteiger partial charge in [-0.25, -0.2) is 0 Å². The molecule has 0 fully saturated rings. The molecule has 2 N–H and O–H groups in total. The number of rotatable bonds is 8. The number of hydrogen-bond acceptors (Lipinski definition) is 3. The minimum absolute atomic E-state index is 0.148. The van der Waals surface area contributed by atoms with Crippen molar-refractivity contribution in [3.8, 4) is 0 Å². The van der Waals surface area contributed by atoms with Crippen molar-refractivity contribution >= 4 is 17.7 Å². The smallest absolute Gasteiger partial charge is 0.221 e. The third-order valence-corrected chi connectivity index (χ3v) is 2.90. The Balaban J connectivity index is 3.40. The maximum Gasteiger partial charge on any atom is 0.221 e. The van der Waals surface area contributed by atoms with E-state index in [1.54, 1.807) is 0 Å². The molecule has 1 amide bonds. The first-order valence-electron chi connectivity index (χ1n) is 5.28. The van der Waals surface area contributed by atoms with Crippen LogP contribution in [0.3, 0.4) is 0 Å². The highest BCUT2D eigenvalue weighted by molar-refractivity contribution is 7.99. The monoisotopic (exact) mass is 218 g/mol. The summed E-state index contributed by atoms with van der Waals surface area (Å²) in [7, 11) is 0. The molecule has 0 bridgehead atoms. The van der Waals surface area contributed by atoms with Gasteiger partial charge in [-0.1, -0.05) is 13.8 Å². The van der Waals surface area contributed by atoms with Gasteiger partial charge in [0.1, 0.15) is 0 Å². The topological polar surface area (TPSA) is 41.1 Å². The first kappa shape index (κ1) is 13.8. The van der Waals surface area contributed by atoms with Gasteiger partial charge in [0.25, 0.3) is 0 Å². The molecule has 4 heteroatoms. The highest BCUT2D eigenvalue weighted by Crippen LogP contribution is 2.01. The van der Waals surface area contributed by atoms with Crippen LogP contribution in [0.25, 0.3) is 0 Å². The first-order chi connectivity index (χ1) is 6.70. The Morgan fingerprint density at radius 1 is 1.43 bits per heavy atom. The van der Waals surface area contributed by atoms with Gasteiger partial charge in [-0.05, 0) is 19.2 Å². The summed E-state index contributed by atoms with van der Waals surface area (Å²) in [4.78, 5) is 11.3. The van der Waals surface area contributed by atoms with Crippen LogP contribution in [0.4, 0.5) is 0 Å². The molecule has 1 unspecified atom stereocenters. The van der Waals surface area contributed by atoms with Crippen LogP contribution in [0.15, 0.2) is 0 Å². The Labute approximate surface area is 91.4 Å². The molecular weight excluding hydrogens is 196 g/mol. The quantitative estimate of drug-likeness (QED) is 0.602. The molecule has 84 valence electrons. The summed E-state index contributed by atoms with van der Waals surface area (Å²) in [6.45, 7) is 7.92. The Hall–Kier alpha value is -0.220. The van der Waals surface area contributed by atoms with Crippen LogP contribution < -0.4 is 10.6 Å². The van der Waals surface area contributed by atoms with Crippen molar-refractivity contribution in [1.29, 1.82) is 0 Å². The second kappa shape index (κ2) is 9.34. The van der Waals surface area contributed by atoms with Gasteiger partial charge in [0.15, 0.2) is 0 Å². The molecule has 0 aromatic heterocycles. The van der Waals surface area contributed by atoms with E-state index in [9.17, 15) is 4.79 Å². The highest BCUT2D eigenvalue weighted by atomic mass is 32.2. The van der Waals surface area contributed by atoms with Crippen molar-refractivity contribution in [2.45, 2.75) is 33.2 Å². The van der Waals surface area contributed by atoms with Gasteiger partial charge in [0, 0.05) is 24.8 Å². The fourth-order valence-electron chi connectivity index (χ4n) is 1.06. The van der Waals surface area contributed by atoms with Gasteiger partial charge in [-0.15, -0.1) is 0 Å². The largest absolute Gasteiger partial charge is 0.353 e. The lowest BCUT2D eigenvalue weighted by atomic mass is 10.3. The number of amides is 1. The molecule has 0 aliphatic carbocycles. The Bertz CT molecular complexity index is 153. The van der Waals surface area contributed by atoms with Crippen molar-refractivity contribution in [3.63, 3.8) is 0 Å². The summed E-state index contributed by atoms with van der Waals surface area (Å²) >= 11 is 1.86. The molecule has 0 saturated carbocycles. The molecule has 0 aliphatic rings. The first-order valence-corrected chi connectivity index (χ1v) is 6.44. The lowest BCUT2D eigenvalue weighted by molar-refractivity contribution is -0.121. The van der Waals surface area contributed by atoms with E-state index in [2.05, 4.69) is 17.6 Å². The molecule has 14 heavy (non-hydrogen) atoms. The zero-order valence-corrected chi connectivity index (χ0v) is 10.2. The van der Waals surface area contributed by atoms with Crippen molar-refractivity contribution in [1.82, 2.24) is 10.6 Å². The molecular formula is C10H22N2OS. The van der Waals surface area contributed by atoms with Crippen LogP contribution in [0.5, 0.6) is 0 Å². The summed E-state index contributed by atoms with van der Waals surface area (Å²) in [5.74, 6) is 2.26. The number of carbonyl (C=O) groups excluding carboxylic acids is 1. The van der Waals surface area contributed by atoms with E-state index >= 15 is 0 Å². The molecule has 0 radical (unpaired) electrons. The van der Waals surface area contributed by atoms with Gasteiger partial charge in [-0.3, -0.25) is 4.79 Å². The van der Waals surface area contributed by atoms with Gasteiger partial charge < -0.3 is 10.6 Å². The summed E-state index contributed by atoms with van der Waals surface area (Å²) in [5.41, 5.74) is 0. The van der Waals surface area contributed by atoms with Gasteiger partial charge in [0.2, 0.25) is 5.91 Å². The predicted octanol–water partition coefficient (Wildman–Crippen LogP) is 1.24. The second-order valence-electron chi connectivity index (χ2n) is 3.23. The lowest BCUT2D eigenvalue weighted by Crippen LogP contribution is -2.35. The minimum Gasteiger partial charge on any atom is -0.353 e. The van der Waals surface area contributed by atoms with Gasteiger partial charge >= 0.3 is 0 Å². The molecule has 1 atom stereocenters. The molecule has 0 aliphatic heterocycles. The van der Waals surface area contributed by atoms with E-state index in [1.165, 1.54) is 0 Å². The number of hydrogen-bond donors (Lipinski definition) is 2. The number of nitrogens with one attached hydrogen (secondary N) is 2. The van der Waals surface area contributed by atoms with Crippen molar-refractivity contribution in [2.75, 3.05) is 24.6 Å². The zero-order chi connectivity index (χ0) is 10.8. The van der Waals surface area contributed by atoms with Gasteiger partial charge in [-0.2, -0.15) is 11.8 Å². The van der Waals surface area contributed by atoms with Crippen LogP contribution >= 0.6 is 11.8 Å². The van der Waals surface area contributed by atoms with E-state index in [-0.39, 0.29) is 11.9 Å². The van der Waals surface area contributed by atoms with Crippen molar-refractivity contribution in [2.24, 2.45) is 0 Å². The molecule has 0 rings (SSSR count). The standard InChI is InChI=1S/C10H22N2OS/c1-4-11-7-6-10(13)12-9(3)8-14-5-2/h9,11H,4-8H2,1-3H3,(H,12,13). The molecule has 0 aromatic carbocycles. The summed E-state index contributed by atoms with van der Waals surface area (Å²) in [5, 5.41) is 6.10. The molecule has 3 nitrogen and oxygen atoms in total. The highest BCUT2D eigenvalue weighted by Gasteiger charge is 2.05. The summed E-state index contributed by atoms with van der Waals surface area (Å²) in [6.07, 6.45) is 0.578. The number of carbonyl (C=O) groups is 1. The van der Waals surface area contributed by atoms with E-state index in [4.69, 9.17) is 0 Å². The molecule has 0 spiro atoms. The third-order valence-electron chi connectivity index (χ3n) is 1.76. The number of thioether (sulfide) groups is 1. The maximum absolute atomic E-state index is 11.3. The average molecular weight is 218 g/mol. The average Bonchev–Trinajstić information content (AvgIpc) is 2.15. The normalized spacial score (nSPS) is 12.5. The lowest BCUT2D eigenvalue weighted by Gasteiger charge is -2.12. The SMILES string of the molecule is CCNCCC(=O)NC(C)CSCC. The van der Waals surface area contributed by atoms with Crippen molar-refractivity contribution in [3.05, 3.63) is 0 Å². The van der Waals surface area contributed by atoms with Crippen LogP contribution in [0, 0.1) is 0 Å². The van der Waals surface area contributed by atoms with Crippen LogP contribution in [-0.2, 0) is 4.79 Å². The maximum atomic E-state index is 11.3. The fourth-order valence-corrected chi connectivity index (χ4v) is 1.73. The van der Waals surface area contributed by atoms with Gasteiger partial charge in [0.05, 0.1) is 0 Å².